The van der Waals surface area contributed by atoms with Crippen LogP contribution in [0, 0.1) is 46.3 Å². The maximum absolute atomic E-state index is 13.3. The minimum absolute atomic E-state index is 0.135. The Balaban J connectivity index is 1.60. The number of hydrogen-bond donors (Lipinski definition) is 2. The molecule has 4 saturated carbocycles. The van der Waals surface area contributed by atoms with Crippen molar-refractivity contribution < 1.29 is 19.8 Å². The number of aliphatic carboxylic acids is 1. The Bertz CT molecular complexity index is 684. The zero-order chi connectivity index (χ0) is 20.3. The van der Waals surface area contributed by atoms with Crippen molar-refractivity contribution in [2.24, 2.45) is 46.3 Å². The van der Waals surface area contributed by atoms with Gasteiger partial charge in [-0.3, -0.25) is 4.79 Å². The van der Waals surface area contributed by atoms with Crippen LogP contribution in [0.5, 0.6) is 0 Å². The molecule has 0 spiro atoms. The number of carbonyl (C=O) groups excluding carboxylic acids is 1. The lowest BCUT2D eigenvalue weighted by atomic mass is 9.44. The lowest BCUT2D eigenvalue weighted by Gasteiger charge is -2.60. The number of ketones is 1. The van der Waals surface area contributed by atoms with Crippen LogP contribution in [0.1, 0.15) is 72.1 Å². The summed E-state index contributed by atoms with van der Waals surface area (Å²) >= 11 is 0. The van der Waals surface area contributed by atoms with Gasteiger partial charge in [-0.1, -0.05) is 26.8 Å². The van der Waals surface area contributed by atoms with E-state index in [-0.39, 0.29) is 28.8 Å². The maximum atomic E-state index is 13.3. The molecule has 0 bridgehead atoms. The molecule has 0 aliphatic heterocycles. The van der Waals surface area contributed by atoms with Gasteiger partial charge >= 0.3 is 5.97 Å². The summed E-state index contributed by atoms with van der Waals surface area (Å²) in [5.74, 6) is 1.69. The van der Waals surface area contributed by atoms with Crippen LogP contribution in [0.25, 0.3) is 0 Å². The molecule has 4 aliphatic carbocycles. The van der Waals surface area contributed by atoms with Crippen molar-refractivity contribution in [3.8, 4) is 0 Å². The first-order valence-electron chi connectivity index (χ1n) is 11.3. The fourth-order valence-corrected chi connectivity index (χ4v) is 8.18. The fourth-order valence-electron chi connectivity index (χ4n) is 8.18. The number of rotatable bonds is 3. The van der Waals surface area contributed by atoms with Crippen LogP contribution in [0.15, 0.2) is 12.2 Å². The van der Waals surface area contributed by atoms with Crippen LogP contribution in [-0.2, 0) is 9.59 Å². The van der Waals surface area contributed by atoms with Gasteiger partial charge in [0.05, 0.1) is 6.10 Å². The summed E-state index contributed by atoms with van der Waals surface area (Å²) < 4.78 is 0. The number of carbonyl (C=O) groups is 2. The number of allylic oxidation sites excluding steroid dienone is 1. The van der Waals surface area contributed by atoms with Gasteiger partial charge in [0.25, 0.3) is 0 Å². The molecule has 4 aliphatic rings. The molecule has 0 radical (unpaired) electrons. The number of carboxylic acids is 1. The molecular weight excluding hydrogens is 352 g/mol. The van der Waals surface area contributed by atoms with Gasteiger partial charge in [0.2, 0.25) is 0 Å². The maximum Gasteiger partial charge on any atom is 0.327 e. The molecule has 0 unspecified atom stereocenters. The number of hydrogen-bond acceptors (Lipinski definition) is 3. The average molecular weight is 389 g/mol. The Morgan fingerprint density at radius 1 is 1.11 bits per heavy atom. The van der Waals surface area contributed by atoms with E-state index >= 15 is 0 Å². The number of carboxylic acid groups (broad SMARTS) is 1. The normalized spacial score (nSPS) is 49.4. The van der Waals surface area contributed by atoms with Crippen LogP contribution < -0.4 is 0 Å². The molecule has 0 aromatic carbocycles. The van der Waals surface area contributed by atoms with E-state index in [0.717, 1.165) is 44.9 Å². The van der Waals surface area contributed by atoms with Crippen molar-refractivity contribution in [2.75, 3.05) is 0 Å². The van der Waals surface area contributed by atoms with Gasteiger partial charge in [-0.25, -0.2) is 4.79 Å². The van der Waals surface area contributed by atoms with Crippen molar-refractivity contribution in [3.63, 3.8) is 0 Å². The summed E-state index contributed by atoms with van der Waals surface area (Å²) in [6.45, 7) is 6.93. The highest BCUT2D eigenvalue weighted by Crippen LogP contribution is 2.67. The number of fused-ring (bicyclic) bond motifs is 5. The van der Waals surface area contributed by atoms with E-state index in [2.05, 4.69) is 20.8 Å². The second-order valence-corrected chi connectivity index (χ2v) is 10.8. The van der Waals surface area contributed by atoms with Crippen molar-refractivity contribution in [3.05, 3.63) is 12.2 Å². The lowest BCUT2D eigenvalue weighted by Crippen LogP contribution is -2.57. The summed E-state index contributed by atoms with van der Waals surface area (Å²) in [5, 5.41) is 19.2. The molecule has 156 valence electrons. The number of aliphatic hydroxyl groups excluding tert-OH is 1. The molecule has 4 rings (SSSR count). The van der Waals surface area contributed by atoms with Gasteiger partial charge in [0, 0.05) is 18.4 Å². The summed E-state index contributed by atoms with van der Waals surface area (Å²) in [4.78, 5) is 24.3. The first-order chi connectivity index (χ1) is 13.2. The Morgan fingerprint density at radius 2 is 1.79 bits per heavy atom. The monoisotopic (exact) mass is 388 g/mol. The highest BCUT2D eigenvalue weighted by atomic mass is 16.4. The number of Topliss-reactive ketones (excluding diaryl/α,β-unsaturated/α-hetero) is 1. The SMILES string of the molecule is C[C@H](/C=C/C(=O)O)[C@H]1CC[C@H]2[C@@H]3C(=O)C[C@@H]4C[C@H](O)CC[C@]4(C)[C@H]3CC[C@]12C. The lowest BCUT2D eigenvalue weighted by molar-refractivity contribution is -0.160. The van der Waals surface area contributed by atoms with Crippen molar-refractivity contribution in [2.45, 2.75) is 78.2 Å². The standard InChI is InChI=1S/C24H36O4/c1-14(4-7-21(27)28)17-5-6-18-22-19(9-11-24(17,18)3)23(2)10-8-16(25)12-15(23)13-20(22)26/h4,7,14-19,22,25H,5-6,8-13H2,1-3H3,(H,27,28)/b7-4+/t14-,15+,16-,17-,18+,19+,22+,23+,24-/m1/s1. The Kier molecular flexibility index (Phi) is 5.01. The van der Waals surface area contributed by atoms with Crippen LogP contribution in [0.2, 0.25) is 0 Å². The van der Waals surface area contributed by atoms with E-state index in [1.54, 1.807) is 0 Å². The summed E-state index contributed by atoms with van der Waals surface area (Å²) in [6, 6.07) is 0. The minimum Gasteiger partial charge on any atom is -0.478 e. The molecule has 4 heteroatoms. The zero-order valence-corrected chi connectivity index (χ0v) is 17.6. The molecule has 2 N–H and O–H groups in total. The second-order valence-electron chi connectivity index (χ2n) is 10.8. The smallest absolute Gasteiger partial charge is 0.327 e. The predicted octanol–water partition coefficient (Wildman–Crippen LogP) is 4.46. The summed E-state index contributed by atoms with van der Waals surface area (Å²) in [5.41, 5.74) is 0.336. The molecule has 4 nitrogen and oxygen atoms in total. The highest BCUT2D eigenvalue weighted by Gasteiger charge is 2.62. The van der Waals surface area contributed by atoms with Gasteiger partial charge < -0.3 is 10.2 Å². The molecule has 9 atom stereocenters. The van der Waals surface area contributed by atoms with E-state index in [1.807, 2.05) is 6.08 Å². The van der Waals surface area contributed by atoms with Crippen LogP contribution in [0.3, 0.4) is 0 Å². The molecule has 0 aromatic heterocycles. The molecule has 4 fully saturated rings. The molecule has 0 saturated heterocycles. The third-order valence-corrected chi connectivity index (χ3v) is 9.69. The molecule has 0 aromatic rings. The van der Waals surface area contributed by atoms with Gasteiger partial charge in [0.1, 0.15) is 5.78 Å². The quantitative estimate of drug-likeness (QED) is 0.700. The van der Waals surface area contributed by atoms with Gasteiger partial charge in [-0.15, -0.1) is 0 Å². The van der Waals surface area contributed by atoms with Crippen LogP contribution >= 0.6 is 0 Å². The van der Waals surface area contributed by atoms with Crippen molar-refractivity contribution in [1.82, 2.24) is 0 Å². The Labute approximate surface area is 168 Å². The first kappa shape index (κ1) is 20.1. The fraction of sp³-hybridized carbons (Fsp3) is 0.833. The second kappa shape index (κ2) is 6.97. The van der Waals surface area contributed by atoms with Crippen molar-refractivity contribution in [1.29, 1.82) is 0 Å². The van der Waals surface area contributed by atoms with Gasteiger partial charge in [-0.2, -0.15) is 0 Å². The average Bonchev–Trinajstić information content (AvgIpc) is 2.98. The Morgan fingerprint density at radius 3 is 2.50 bits per heavy atom. The Hall–Kier alpha value is -1.16. The molecule has 0 amide bonds. The zero-order valence-electron chi connectivity index (χ0n) is 17.6. The minimum atomic E-state index is -0.879. The van der Waals surface area contributed by atoms with Crippen molar-refractivity contribution >= 4 is 11.8 Å². The highest BCUT2D eigenvalue weighted by molar-refractivity contribution is 5.83. The largest absolute Gasteiger partial charge is 0.478 e. The van der Waals surface area contributed by atoms with Crippen LogP contribution in [-0.4, -0.2) is 28.1 Å². The number of aliphatic hydroxyl groups is 1. The third-order valence-electron chi connectivity index (χ3n) is 9.69. The molecule has 28 heavy (non-hydrogen) atoms. The topological polar surface area (TPSA) is 74.6 Å². The van der Waals surface area contributed by atoms with E-state index in [1.165, 1.54) is 6.08 Å². The van der Waals surface area contributed by atoms with Crippen LogP contribution in [0.4, 0.5) is 0 Å². The third kappa shape index (κ3) is 2.98. The van der Waals surface area contributed by atoms with E-state index in [9.17, 15) is 14.7 Å². The van der Waals surface area contributed by atoms with E-state index in [0.29, 0.717) is 35.9 Å². The summed E-state index contributed by atoms with van der Waals surface area (Å²) in [7, 11) is 0. The first-order valence-corrected chi connectivity index (χ1v) is 11.3. The van der Waals surface area contributed by atoms with E-state index in [4.69, 9.17) is 5.11 Å². The molecular formula is C24H36O4. The van der Waals surface area contributed by atoms with Gasteiger partial charge in [-0.05, 0) is 85.4 Å². The predicted molar refractivity (Wildman–Crippen MR) is 108 cm³/mol. The van der Waals surface area contributed by atoms with Gasteiger partial charge in [0.15, 0.2) is 0 Å². The summed E-state index contributed by atoms with van der Waals surface area (Å²) in [6.07, 6.45) is 10.8. The molecule has 0 heterocycles. The van der Waals surface area contributed by atoms with E-state index < -0.39 is 5.97 Å².